The first-order valence-corrected chi connectivity index (χ1v) is 8.25. The van der Waals surface area contributed by atoms with E-state index in [2.05, 4.69) is 5.32 Å². The van der Waals surface area contributed by atoms with E-state index < -0.39 is 15.2 Å². The number of aliphatic hydroxyl groups is 1. The van der Waals surface area contributed by atoms with Gasteiger partial charge in [0.1, 0.15) is 6.61 Å². The summed E-state index contributed by atoms with van der Waals surface area (Å²) < 4.78 is 11.3. The van der Waals surface area contributed by atoms with Crippen LogP contribution in [0.2, 0.25) is 12.6 Å². The van der Waals surface area contributed by atoms with Gasteiger partial charge in [-0.1, -0.05) is 0 Å². The van der Waals surface area contributed by atoms with Crippen molar-refractivity contribution >= 4 is 14.5 Å². The lowest BCUT2D eigenvalue weighted by atomic mass is 10.4. The summed E-state index contributed by atoms with van der Waals surface area (Å²) in [6.07, 6.45) is 0.814. The van der Waals surface area contributed by atoms with Gasteiger partial charge in [0.05, 0.1) is 0 Å². The van der Waals surface area contributed by atoms with E-state index in [-0.39, 0.29) is 5.91 Å². The van der Waals surface area contributed by atoms with Crippen LogP contribution in [0.1, 0.15) is 20.3 Å². The lowest BCUT2D eigenvalue weighted by Crippen LogP contribution is -2.39. The number of rotatable bonds is 9. The van der Waals surface area contributed by atoms with Crippen LogP contribution in [0.25, 0.3) is 0 Å². The zero-order chi connectivity index (χ0) is 12.4. The monoisotopic (exact) mass is 249 g/mol. The summed E-state index contributed by atoms with van der Waals surface area (Å²) in [5.41, 5.74) is 0. The number of hydrogen-bond donors (Lipinski definition) is 2. The number of carbonyl (C=O) groups is 1. The van der Waals surface area contributed by atoms with Gasteiger partial charge in [0.25, 0.3) is 0 Å². The molecule has 5 nitrogen and oxygen atoms in total. The van der Waals surface area contributed by atoms with Crippen molar-refractivity contribution in [1.82, 2.24) is 5.32 Å². The Hall–Kier alpha value is -0.433. The Morgan fingerprint density at radius 2 is 1.88 bits per heavy atom. The molecule has 0 atom stereocenters. The van der Waals surface area contributed by atoms with Gasteiger partial charge in [-0.25, -0.2) is 0 Å². The van der Waals surface area contributed by atoms with Gasteiger partial charge in [-0.05, 0) is 32.9 Å². The minimum absolute atomic E-state index is 0.337. The van der Waals surface area contributed by atoms with Crippen molar-refractivity contribution in [2.75, 3.05) is 26.4 Å². The Bertz CT molecular complexity index is 195. The molecule has 0 aliphatic heterocycles. The summed E-state index contributed by atoms with van der Waals surface area (Å²) in [6, 6.07) is 0.848. The van der Waals surface area contributed by atoms with E-state index in [1.807, 2.05) is 20.4 Å². The molecule has 0 spiro atoms. The van der Waals surface area contributed by atoms with Crippen LogP contribution in [0.5, 0.6) is 0 Å². The average molecular weight is 249 g/mol. The summed E-state index contributed by atoms with van der Waals surface area (Å²) in [6.45, 7) is 7.37. The van der Waals surface area contributed by atoms with Gasteiger partial charge < -0.3 is 19.3 Å². The normalized spacial score (nSPS) is 11.5. The predicted octanol–water partition coefficient (Wildman–Crippen LogP) is 0.630. The second-order valence-corrected chi connectivity index (χ2v) is 6.96. The molecule has 0 saturated heterocycles. The summed E-state index contributed by atoms with van der Waals surface area (Å²) in [5.74, 6) is -0.337. The first-order chi connectivity index (χ1) is 7.58. The van der Waals surface area contributed by atoms with Gasteiger partial charge >= 0.3 is 8.56 Å². The minimum Gasteiger partial charge on any atom is -0.395 e. The highest BCUT2D eigenvalue weighted by Crippen LogP contribution is 2.15. The molecule has 0 aliphatic rings. The summed E-state index contributed by atoms with van der Waals surface area (Å²) >= 11 is 0. The van der Waals surface area contributed by atoms with E-state index >= 15 is 0 Å². The van der Waals surface area contributed by atoms with E-state index in [0.717, 1.165) is 12.5 Å². The molecule has 0 bridgehead atoms. The number of carbonyl (C=O) groups excluding carboxylic acids is 1. The highest BCUT2D eigenvalue weighted by Gasteiger charge is 2.29. The molecule has 96 valence electrons. The molecular weight excluding hydrogens is 226 g/mol. The Balaban J connectivity index is 3.79. The van der Waals surface area contributed by atoms with Crippen molar-refractivity contribution in [2.45, 2.75) is 32.9 Å². The first-order valence-electron chi connectivity index (χ1n) is 5.73. The molecule has 16 heavy (non-hydrogen) atoms. The number of aliphatic hydroxyl groups excluding tert-OH is 1. The van der Waals surface area contributed by atoms with Crippen molar-refractivity contribution in [2.24, 2.45) is 0 Å². The third-order valence-electron chi connectivity index (χ3n) is 2.17. The second kappa shape index (κ2) is 8.69. The maximum absolute atomic E-state index is 10.8. The fourth-order valence-corrected chi connectivity index (χ4v) is 3.90. The van der Waals surface area contributed by atoms with Gasteiger partial charge in [-0.15, -0.1) is 0 Å². The van der Waals surface area contributed by atoms with Crippen LogP contribution in [-0.2, 0) is 13.6 Å². The van der Waals surface area contributed by atoms with Crippen LogP contribution in [0.4, 0.5) is 0 Å². The van der Waals surface area contributed by atoms with Gasteiger partial charge in [0, 0.05) is 19.8 Å². The molecule has 0 rings (SSSR count). The van der Waals surface area contributed by atoms with Crippen LogP contribution in [0, 0.1) is 0 Å². The lowest BCUT2D eigenvalue weighted by Gasteiger charge is -2.25. The van der Waals surface area contributed by atoms with Crippen molar-refractivity contribution < 1.29 is 18.8 Å². The maximum Gasteiger partial charge on any atom is 0.334 e. The summed E-state index contributed by atoms with van der Waals surface area (Å²) in [5, 5.41) is 11.1. The number of hydrogen-bond acceptors (Lipinski definition) is 4. The highest BCUT2D eigenvalue weighted by molar-refractivity contribution is 6.66. The van der Waals surface area contributed by atoms with E-state index in [4.69, 9.17) is 14.0 Å². The quantitative estimate of drug-likeness (QED) is 0.464. The van der Waals surface area contributed by atoms with E-state index in [9.17, 15) is 4.79 Å². The van der Waals surface area contributed by atoms with Crippen molar-refractivity contribution in [3.05, 3.63) is 0 Å². The fourth-order valence-electron chi connectivity index (χ4n) is 1.49. The maximum atomic E-state index is 10.8. The standard InChI is InChI=1S/C10H23NO4Si/c1-4-14-16(3,15-5-2)8-6-7-11-10(13)9-12/h12H,4-9H2,1-3H3,(H,11,13). The second-order valence-electron chi connectivity index (χ2n) is 3.61. The van der Waals surface area contributed by atoms with Gasteiger partial charge in [0.15, 0.2) is 0 Å². The smallest absolute Gasteiger partial charge is 0.334 e. The van der Waals surface area contributed by atoms with Crippen molar-refractivity contribution in [1.29, 1.82) is 0 Å². The Labute approximate surface area is 98.4 Å². The molecule has 6 heteroatoms. The zero-order valence-electron chi connectivity index (χ0n) is 10.4. The molecular formula is C10H23NO4Si. The fraction of sp³-hybridized carbons (Fsp3) is 0.900. The number of amides is 1. The van der Waals surface area contributed by atoms with Crippen LogP contribution in [0.3, 0.4) is 0 Å². The van der Waals surface area contributed by atoms with Crippen molar-refractivity contribution in [3.63, 3.8) is 0 Å². The molecule has 0 aromatic carbocycles. The lowest BCUT2D eigenvalue weighted by molar-refractivity contribution is -0.123. The minimum atomic E-state index is -2.05. The molecule has 0 heterocycles. The molecule has 1 amide bonds. The average Bonchev–Trinajstić information content (AvgIpc) is 2.25. The van der Waals surface area contributed by atoms with Crippen LogP contribution in [-0.4, -0.2) is 45.9 Å². The first kappa shape index (κ1) is 15.6. The molecule has 0 fully saturated rings. The SMILES string of the molecule is CCO[Si](C)(CCCNC(=O)CO)OCC. The third-order valence-corrected chi connectivity index (χ3v) is 5.23. The van der Waals surface area contributed by atoms with Crippen LogP contribution in [0.15, 0.2) is 0 Å². The van der Waals surface area contributed by atoms with E-state index in [1.54, 1.807) is 0 Å². The molecule has 0 radical (unpaired) electrons. The number of nitrogens with one attached hydrogen (secondary N) is 1. The molecule has 0 aromatic rings. The van der Waals surface area contributed by atoms with Gasteiger partial charge in [-0.2, -0.15) is 0 Å². The van der Waals surface area contributed by atoms with Gasteiger partial charge in [-0.3, -0.25) is 4.79 Å². The molecule has 0 unspecified atom stereocenters. The highest BCUT2D eigenvalue weighted by atomic mass is 28.4. The van der Waals surface area contributed by atoms with Crippen LogP contribution >= 0.6 is 0 Å². The van der Waals surface area contributed by atoms with E-state index in [1.165, 1.54) is 0 Å². The Kier molecular flexibility index (Phi) is 8.45. The zero-order valence-corrected chi connectivity index (χ0v) is 11.4. The van der Waals surface area contributed by atoms with E-state index in [0.29, 0.717) is 19.8 Å². The molecule has 0 saturated carbocycles. The summed E-state index contributed by atoms with van der Waals surface area (Å²) in [4.78, 5) is 10.8. The Morgan fingerprint density at radius 1 is 1.31 bits per heavy atom. The topological polar surface area (TPSA) is 67.8 Å². The largest absolute Gasteiger partial charge is 0.395 e. The molecule has 0 aromatic heterocycles. The van der Waals surface area contributed by atoms with Crippen molar-refractivity contribution in [3.8, 4) is 0 Å². The van der Waals surface area contributed by atoms with Gasteiger partial charge in [0.2, 0.25) is 5.91 Å². The Morgan fingerprint density at radius 3 is 2.31 bits per heavy atom. The molecule has 0 aliphatic carbocycles. The third kappa shape index (κ3) is 6.94. The molecule has 2 N–H and O–H groups in total. The predicted molar refractivity (Wildman–Crippen MR) is 64.4 cm³/mol. The van der Waals surface area contributed by atoms with Crippen LogP contribution < -0.4 is 5.32 Å². The summed E-state index contributed by atoms with van der Waals surface area (Å²) in [7, 11) is -2.05.